The van der Waals surface area contributed by atoms with Gasteiger partial charge in [0.25, 0.3) is 0 Å². The average Bonchev–Trinajstić information content (AvgIpc) is 2.84. The Labute approximate surface area is 215 Å². The monoisotopic (exact) mass is 478 g/mol. The number of amides is 1. The predicted octanol–water partition coefficient (Wildman–Crippen LogP) is 9.92. The largest absolute Gasteiger partial charge is 0.341 e. The van der Waals surface area contributed by atoms with Gasteiger partial charge in [0, 0.05) is 13.1 Å². The third kappa shape index (κ3) is 24.3. The zero-order chi connectivity index (χ0) is 25.0. The van der Waals surface area contributed by atoms with Gasteiger partial charge in [-0.1, -0.05) is 155 Å². The van der Waals surface area contributed by atoms with E-state index in [1.54, 1.807) is 0 Å². The first kappa shape index (κ1) is 33.1. The number of hydrogen-bond acceptors (Lipinski definition) is 2. The minimum absolute atomic E-state index is 0.168. The molecule has 34 heavy (non-hydrogen) atoms. The van der Waals surface area contributed by atoms with Crippen molar-refractivity contribution in [3.05, 3.63) is 0 Å². The normalized spacial score (nSPS) is 11.1. The summed E-state index contributed by atoms with van der Waals surface area (Å²) in [6, 6.07) is 0. The van der Waals surface area contributed by atoms with E-state index in [9.17, 15) is 4.79 Å². The van der Waals surface area contributed by atoms with Crippen molar-refractivity contribution in [3.63, 3.8) is 0 Å². The van der Waals surface area contributed by atoms with Gasteiger partial charge in [0.2, 0.25) is 5.91 Å². The van der Waals surface area contributed by atoms with Crippen LogP contribution in [0.2, 0.25) is 0 Å². The first-order valence-electron chi connectivity index (χ1n) is 15.5. The van der Waals surface area contributed by atoms with Crippen LogP contribution in [0.15, 0.2) is 4.99 Å². The molecule has 0 aromatic carbocycles. The molecule has 0 saturated heterocycles. The van der Waals surface area contributed by atoms with Crippen molar-refractivity contribution in [2.24, 2.45) is 4.99 Å². The molecule has 0 saturated carbocycles. The van der Waals surface area contributed by atoms with E-state index < -0.39 is 0 Å². The Hall–Kier alpha value is -0.860. The van der Waals surface area contributed by atoms with Crippen LogP contribution in [0.1, 0.15) is 168 Å². The molecule has 0 rings (SSSR count). The van der Waals surface area contributed by atoms with Gasteiger partial charge < -0.3 is 4.90 Å². The number of carbonyl (C=O) groups is 1. The van der Waals surface area contributed by atoms with Crippen molar-refractivity contribution in [1.82, 2.24) is 4.90 Å². The second-order valence-corrected chi connectivity index (χ2v) is 10.5. The molecule has 0 aromatic rings. The third-order valence-electron chi connectivity index (χ3n) is 7.16. The predicted molar refractivity (Wildman–Crippen MR) is 153 cm³/mol. The van der Waals surface area contributed by atoms with Gasteiger partial charge in [0.15, 0.2) is 0 Å². The lowest BCUT2D eigenvalue weighted by Crippen LogP contribution is -2.34. The van der Waals surface area contributed by atoms with E-state index in [0.29, 0.717) is 0 Å². The molecule has 0 bridgehead atoms. The Morgan fingerprint density at radius 2 is 0.765 bits per heavy atom. The summed E-state index contributed by atoms with van der Waals surface area (Å²) in [5.74, 6) is 0.168. The lowest BCUT2D eigenvalue weighted by atomic mass is 10.0. The molecule has 0 aliphatic rings. The van der Waals surface area contributed by atoms with E-state index in [0.717, 1.165) is 25.9 Å². The molecule has 0 aliphatic carbocycles. The third-order valence-corrected chi connectivity index (χ3v) is 7.16. The topological polar surface area (TPSA) is 32.7 Å². The van der Waals surface area contributed by atoms with E-state index in [-0.39, 0.29) is 12.5 Å². The molecule has 0 unspecified atom stereocenters. The van der Waals surface area contributed by atoms with Crippen LogP contribution in [0.25, 0.3) is 0 Å². The highest BCUT2D eigenvalue weighted by molar-refractivity contribution is 5.78. The molecular formula is C31H62N2O. The molecule has 0 aromatic heterocycles. The average molecular weight is 479 g/mol. The van der Waals surface area contributed by atoms with Crippen LogP contribution in [-0.2, 0) is 4.79 Å². The quantitative estimate of drug-likeness (QED) is 0.0813. The molecule has 3 nitrogen and oxygen atoms in total. The van der Waals surface area contributed by atoms with E-state index >= 15 is 0 Å². The summed E-state index contributed by atoms with van der Waals surface area (Å²) >= 11 is 0. The molecular weight excluding hydrogens is 416 g/mol. The maximum Gasteiger partial charge on any atom is 0.244 e. The van der Waals surface area contributed by atoms with E-state index in [2.05, 4.69) is 30.5 Å². The molecule has 202 valence electrons. The van der Waals surface area contributed by atoms with Gasteiger partial charge in [0.1, 0.15) is 6.54 Å². The van der Waals surface area contributed by atoms with Gasteiger partial charge >= 0.3 is 0 Å². The van der Waals surface area contributed by atoms with Crippen molar-refractivity contribution in [2.45, 2.75) is 168 Å². The van der Waals surface area contributed by atoms with Crippen LogP contribution in [0, 0.1) is 0 Å². The fraction of sp³-hybridized carbons (Fsp3) is 0.935. The lowest BCUT2D eigenvalue weighted by Gasteiger charge is -2.22. The summed E-state index contributed by atoms with van der Waals surface area (Å²) in [6.45, 7) is 10.1. The maximum absolute atomic E-state index is 12.4. The van der Waals surface area contributed by atoms with Gasteiger partial charge in [-0.15, -0.1) is 0 Å². The van der Waals surface area contributed by atoms with Crippen LogP contribution in [0.3, 0.4) is 0 Å². The van der Waals surface area contributed by atoms with Crippen molar-refractivity contribution < 1.29 is 4.79 Å². The Bertz CT molecular complexity index is 396. The highest BCUT2D eigenvalue weighted by Gasteiger charge is 2.11. The highest BCUT2D eigenvalue weighted by Crippen LogP contribution is 2.14. The minimum Gasteiger partial charge on any atom is -0.341 e. The van der Waals surface area contributed by atoms with E-state index in [4.69, 9.17) is 0 Å². The molecule has 0 heterocycles. The van der Waals surface area contributed by atoms with Crippen molar-refractivity contribution >= 4 is 12.6 Å². The summed E-state index contributed by atoms with van der Waals surface area (Å²) in [5, 5.41) is 0. The molecule has 0 fully saturated rings. The molecule has 0 spiro atoms. The van der Waals surface area contributed by atoms with Crippen LogP contribution in [0.5, 0.6) is 0 Å². The zero-order valence-electron chi connectivity index (χ0n) is 23.6. The first-order valence-corrected chi connectivity index (χ1v) is 15.5. The second kappa shape index (κ2) is 28.4. The summed E-state index contributed by atoms with van der Waals surface area (Å²) in [4.78, 5) is 18.3. The number of rotatable bonds is 28. The molecule has 0 N–H and O–H groups in total. The summed E-state index contributed by atoms with van der Waals surface area (Å²) in [6.07, 6.45) is 32.6. The molecule has 3 heteroatoms. The van der Waals surface area contributed by atoms with Gasteiger partial charge in [0.05, 0.1) is 0 Å². The fourth-order valence-electron chi connectivity index (χ4n) is 4.84. The van der Waals surface area contributed by atoms with Gasteiger partial charge in [-0.05, 0) is 19.6 Å². The van der Waals surface area contributed by atoms with Crippen LogP contribution in [-0.4, -0.2) is 37.2 Å². The first-order chi connectivity index (χ1) is 16.8. The van der Waals surface area contributed by atoms with Crippen molar-refractivity contribution in [3.8, 4) is 0 Å². The number of unbranched alkanes of at least 4 members (excludes halogenated alkanes) is 22. The Morgan fingerprint density at radius 3 is 1.03 bits per heavy atom. The van der Waals surface area contributed by atoms with Gasteiger partial charge in [-0.3, -0.25) is 9.79 Å². The van der Waals surface area contributed by atoms with E-state index in [1.165, 1.54) is 141 Å². The lowest BCUT2D eigenvalue weighted by molar-refractivity contribution is -0.129. The second-order valence-electron chi connectivity index (χ2n) is 10.5. The number of nitrogens with zero attached hydrogens (tertiary/aromatic N) is 2. The molecule has 1 amide bonds. The Morgan fingerprint density at radius 1 is 0.500 bits per heavy atom. The number of hydrogen-bond donors (Lipinski definition) is 0. The van der Waals surface area contributed by atoms with E-state index in [1.807, 2.05) is 0 Å². The highest BCUT2D eigenvalue weighted by atomic mass is 16.2. The van der Waals surface area contributed by atoms with Crippen LogP contribution < -0.4 is 0 Å². The maximum atomic E-state index is 12.4. The minimum atomic E-state index is 0.168. The van der Waals surface area contributed by atoms with Crippen molar-refractivity contribution in [1.29, 1.82) is 0 Å². The summed E-state index contributed by atoms with van der Waals surface area (Å²) in [5.41, 5.74) is 0. The smallest absolute Gasteiger partial charge is 0.244 e. The number of aliphatic imine (C=N–C) groups is 1. The van der Waals surface area contributed by atoms with Gasteiger partial charge in [-0.2, -0.15) is 0 Å². The number of carbonyl (C=O) groups excluding carboxylic acids is 1. The zero-order valence-corrected chi connectivity index (χ0v) is 23.6. The Balaban J connectivity index is 3.66. The molecule has 0 radical (unpaired) electrons. The molecule has 0 aliphatic heterocycles. The summed E-state index contributed by atoms with van der Waals surface area (Å²) in [7, 11) is 0. The van der Waals surface area contributed by atoms with Crippen molar-refractivity contribution in [2.75, 3.05) is 19.6 Å². The molecule has 0 atom stereocenters. The van der Waals surface area contributed by atoms with Crippen LogP contribution >= 0.6 is 0 Å². The summed E-state index contributed by atoms with van der Waals surface area (Å²) < 4.78 is 0. The SMILES string of the molecule is C=NCC(=O)N(CCCCCCCCCCCCCC)CCCCCCCCCCCCCC. The fourth-order valence-corrected chi connectivity index (χ4v) is 4.84. The Kier molecular flexibility index (Phi) is 27.7. The van der Waals surface area contributed by atoms with Crippen LogP contribution in [0.4, 0.5) is 0 Å². The standard InChI is InChI=1S/C31H62N2O/c1-4-6-8-10-12-14-16-18-20-22-24-26-28-33(31(34)30-32-3)29-27-25-23-21-19-17-15-13-11-9-7-5-2/h3-30H2,1-2H3. The van der Waals surface area contributed by atoms with Gasteiger partial charge in [-0.25, -0.2) is 0 Å².